The standard InChI is InChI=1S/C23H26N4O2S/c1-2-26-12-6-9-18(26)14-24-21(28)17-10-11-19-20(13-17)25-23(30)27(22(19)29)15-16-7-4-3-5-8-16/h3-5,7-8,10-11,13,18H,2,6,9,12,14-15H2,1H3,(H,24,28)(H,25,30)/t18-/m0/s1. The number of benzene rings is 2. The van der Waals surface area contributed by atoms with Gasteiger partial charge < -0.3 is 10.3 Å². The van der Waals surface area contributed by atoms with Gasteiger partial charge in [0.25, 0.3) is 11.5 Å². The molecule has 2 heterocycles. The molecule has 1 atom stereocenters. The number of aromatic nitrogens is 2. The van der Waals surface area contributed by atoms with E-state index in [9.17, 15) is 9.59 Å². The van der Waals surface area contributed by atoms with Crippen molar-refractivity contribution in [1.29, 1.82) is 0 Å². The van der Waals surface area contributed by atoms with Crippen molar-refractivity contribution in [2.24, 2.45) is 0 Å². The van der Waals surface area contributed by atoms with Crippen LogP contribution >= 0.6 is 12.2 Å². The van der Waals surface area contributed by atoms with Crippen molar-refractivity contribution in [3.05, 3.63) is 74.8 Å². The Balaban J connectivity index is 1.55. The highest BCUT2D eigenvalue weighted by molar-refractivity contribution is 7.71. The second kappa shape index (κ2) is 8.93. The van der Waals surface area contributed by atoms with Gasteiger partial charge in [0.05, 0.1) is 17.4 Å². The number of likely N-dealkylation sites (tertiary alicyclic amines) is 1. The molecule has 3 aromatic rings. The number of amides is 1. The number of aromatic amines is 1. The summed E-state index contributed by atoms with van der Waals surface area (Å²) in [4.78, 5) is 31.2. The molecule has 6 nitrogen and oxygen atoms in total. The molecule has 1 fully saturated rings. The number of H-pyrrole nitrogens is 1. The van der Waals surface area contributed by atoms with Crippen molar-refractivity contribution in [3.8, 4) is 0 Å². The third kappa shape index (κ3) is 4.22. The fourth-order valence-electron chi connectivity index (χ4n) is 4.16. The van der Waals surface area contributed by atoms with Gasteiger partial charge in [-0.15, -0.1) is 0 Å². The van der Waals surface area contributed by atoms with E-state index in [0.29, 0.717) is 40.4 Å². The fourth-order valence-corrected chi connectivity index (χ4v) is 4.42. The summed E-state index contributed by atoms with van der Waals surface area (Å²) in [6.45, 7) is 5.29. The lowest BCUT2D eigenvalue weighted by Crippen LogP contribution is -2.40. The topological polar surface area (TPSA) is 70.1 Å². The van der Waals surface area contributed by atoms with Gasteiger partial charge >= 0.3 is 0 Å². The fraction of sp³-hybridized carbons (Fsp3) is 0.348. The van der Waals surface area contributed by atoms with E-state index in [1.54, 1.807) is 22.8 Å². The van der Waals surface area contributed by atoms with Crippen molar-refractivity contribution in [2.45, 2.75) is 32.4 Å². The summed E-state index contributed by atoms with van der Waals surface area (Å²) in [5, 5.41) is 3.56. The maximum absolute atomic E-state index is 13.0. The Morgan fingerprint density at radius 2 is 2.03 bits per heavy atom. The lowest BCUT2D eigenvalue weighted by molar-refractivity contribution is 0.0941. The van der Waals surface area contributed by atoms with Gasteiger partial charge in [-0.3, -0.25) is 19.1 Å². The predicted molar refractivity (Wildman–Crippen MR) is 122 cm³/mol. The maximum atomic E-state index is 13.0. The van der Waals surface area contributed by atoms with Gasteiger partial charge in [-0.05, 0) is 61.9 Å². The van der Waals surface area contributed by atoms with Gasteiger partial charge in [-0.2, -0.15) is 0 Å². The van der Waals surface area contributed by atoms with Crippen LogP contribution in [0.3, 0.4) is 0 Å². The molecule has 1 aliphatic rings. The second-order valence-electron chi connectivity index (χ2n) is 7.70. The Morgan fingerprint density at radius 3 is 2.80 bits per heavy atom. The van der Waals surface area contributed by atoms with E-state index >= 15 is 0 Å². The first-order chi connectivity index (χ1) is 14.6. The van der Waals surface area contributed by atoms with E-state index in [0.717, 1.165) is 25.1 Å². The van der Waals surface area contributed by atoms with Crippen molar-refractivity contribution in [3.63, 3.8) is 0 Å². The summed E-state index contributed by atoms with van der Waals surface area (Å²) in [6, 6.07) is 15.2. The lowest BCUT2D eigenvalue weighted by Gasteiger charge is -2.22. The molecule has 30 heavy (non-hydrogen) atoms. The molecule has 7 heteroatoms. The van der Waals surface area contributed by atoms with Crippen LogP contribution in [-0.2, 0) is 6.54 Å². The maximum Gasteiger partial charge on any atom is 0.262 e. The Kier molecular flexibility index (Phi) is 6.11. The number of carbonyl (C=O) groups is 1. The minimum absolute atomic E-state index is 0.132. The Morgan fingerprint density at radius 1 is 1.23 bits per heavy atom. The van der Waals surface area contributed by atoms with Crippen LogP contribution in [0.5, 0.6) is 0 Å². The third-order valence-corrected chi connectivity index (χ3v) is 6.15. The van der Waals surface area contributed by atoms with Crippen molar-refractivity contribution < 1.29 is 4.79 Å². The zero-order chi connectivity index (χ0) is 21.1. The monoisotopic (exact) mass is 422 g/mol. The van der Waals surface area contributed by atoms with Crippen molar-refractivity contribution in [1.82, 2.24) is 19.8 Å². The summed E-state index contributed by atoms with van der Waals surface area (Å²) in [5.41, 5.74) is 1.95. The molecule has 1 saturated heterocycles. The molecular weight excluding hydrogens is 396 g/mol. The molecule has 156 valence electrons. The lowest BCUT2D eigenvalue weighted by atomic mass is 10.1. The highest BCUT2D eigenvalue weighted by atomic mass is 32.1. The van der Waals surface area contributed by atoms with E-state index in [1.807, 2.05) is 30.3 Å². The van der Waals surface area contributed by atoms with E-state index in [2.05, 4.69) is 22.1 Å². The number of hydrogen-bond acceptors (Lipinski definition) is 4. The van der Waals surface area contributed by atoms with Crippen LogP contribution in [-0.4, -0.2) is 46.0 Å². The van der Waals surface area contributed by atoms with Gasteiger partial charge in [0.2, 0.25) is 0 Å². The first-order valence-electron chi connectivity index (χ1n) is 10.4. The van der Waals surface area contributed by atoms with E-state index < -0.39 is 0 Å². The number of hydrogen-bond donors (Lipinski definition) is 2. The molecule has 0 spiro atoms. The Bertz CT molecular complexity index is 1170. The summed E-state index contributed by atoms with van der Waals surface area (Å²) < 4.78 is 1.89. The SMILES string of the molecule is CCN1CCC[C@H]1CNC(=O)c1ccc2c(=O)n(Cc3ccccc3)c(=S)[nH]c2c1. The quantitative estimate of drug-likeness (QED) is 0.598. The minimum Gasteiger partial charge on any atom is -0.350 e. The zero-order valence-corrected chi connectivity index (χ0v) is 17.9. The molecule has 4 rings (SSSR count). The summed E-state index contributed by atoms with van der Waals surface area (Å²) in [7, 11) is 0. The van der Waals surface area contributed by atoms with Crippen LogP contribution in [0, 0.1) is 4.77 Å². The molecule has 1 aliphatic heterocycles. The molecular formula is C23H26N4O2S. The third-order valence-electron chi connectivity index (χ3n) is 5.83. The Labute approximate surface area is 180 Å². The number of nitrogens with one attached hydrogen (secondary N) is 2. The molecule has 0 unspecified atom stereocenters. The van der Waals surface area contributed by atoms with Crippen LogP contribution in [0.25, 0.3) is 10.9 Å². The number of likely N-dealkylation sites (N-methyl/N-ethyl adjacent to an activating group) is 1. The van der Waals surface area contributed by atoms with Gasteiger partial charge in [0.1, 0.15) is 0 Å². The molecule has 1 aromatic heterocycles. The average molecular weight is 423 g/mol. The van der Waals surface area contributed by atoms with E-state index in [1.165, 1.54) is 6.42 Å². The van der Waals surface area contributed by atoms with E-state index in [4.69, 9.17) is 12.2 Å². The first-order valence-corrected chi connectivity index (χ1v) is 10.8. The molecule has 0 radical (unpaired) electrons. The zero-order valence-electron chi connectivity index (χ0n) is 17.1. The average Bonchev–Trinajstić information content (AvgIpc) is 3.23. The summed E-state index contributed by atoms with van der Waals surface area (Å²) >= 11 is 5.43. The first kappa shape index (κ1) is 20.5. The van der Waals surface area contributed by atoms with Gasteiger partial charge in [0.15, 0.2) is 4.77 Å². The largest absolute Gasteiger partial charge is 0.350 e. The molecule has 2 N–H and O–H groups in total. The minimum atomic E-state index is -0.158. The molecule has 0 saturated carbocycles. The molecule has 1 amide bonds. The molecule has 0 aliphatic carbocycles. The molecule has 2 aromatic carbocycles. The number of rotatable bonds is 6. The summed E-state index contributed by atoms with van der Waals surface area (Å²) in [6.07, 6.45) is 2.29. The second-order valence-corrected chi connectivity index (χ2v) is 8.09. The van der Waals surface area contributed by atoms with Crippen LogP contribution in [0.4, 0.5) is 0 Å². The summed E-state index contributed by atoms with van der Waals surface area (Å²) in [5.74, 6) is -0.132. The Hall–Kier alpha value is -2.77. The van der Waals surface area contributed by atoms with Gasteiger partial charge in [-0.1, -0.05) is 37.3 Å². The smallest absolute Gasteiger partial charge is 0.262 e. The molecule has 0 bridgehead atoms. The number of carbonyl (C=O) groups excluding carboxylic acids is 1. The van der Waals surface area contributed by atoms with Crippen LogP contribution in [0.1, 0.15) is 35.7 Å². The number of fused-ring (bicyclic) bond motifs is 1. The van der Waals surface area contributed by atoms with Gasteiger partial charge in [-0.25, -0.2) is 0 Å². The van der Waals surface area contributed by atoms with Gasteiger partial charge in [0, 0.05) is 18.2 Å². The number of nitrogens with zero attached hydrogens (tertiary/aromatic N) is 2. The van der Waals surface area contributed by atoms with E-state index in [-0.39, 0.29) is 11.5 Å². The normalized spacial score (nSPS) is 16.8. The van der Waals surface area contributed by atoms with Crippen LogP contribution in [0.2, 0.25) is 0 Å². The van der Waals surface area contributed by atoms with Crippen LogP contribution in [0.15, 0.2) is 53.3 Å². The van der Waals surface area contributed by atoms with Crippen molar-refractivity contribution >= 4 is 29.0 Å². The predicted octanol–water partition coefficient (Wildman–Crippen LogP) is 3.32. The highest BCUT2D eigenvalue weighted by Crippen LogP contribution is 2.16. The van der Waals surface area contributed by atoms with Crippen molar-refractivity contribution in [2.75, 3.05) is 19.6 Å². The highest BCUT2D eigenvalue weighted by Gasteiger charge is 2.23. The van der Waals surface area contributed by atoms with Crippen LogP contribution < -0.4 is 10.9 Å².